The lowest BCUT2D eigenvalue weighted by atomic mass is 9.95. The van der Waals surface area contributed by atoms with E-state index in [9.17, 15) is 0 Å². The topological polar surface area (TPSA) is 0 Å². The minimum absolute atomic E-state index is 0.743. The first-order chi connectivity index (χ1) is 4.12. The molecule has 0 amide bonds. The van der Waals surface area contributed by atoms with Gasteiger partial charge in [-0.25, -0.2) is 0 Å². The third-order valence-electron chi connectivity index (χ3n) is 3.60. The average molecular weight is 124 g/mol. The summed E-state index contributed by atoms with van der Waals surface area (Å²) in [6, 6.07) is 0. The monoisotopic (exact) mass is 124 g/mol. The van der Waals surface area contributed by atoms with Gasteiger partial charge in [-0.2, -0.15) is 0 Å². The molecule has 0 aromatic rings. The van der Waals surface area contributed by atoms with E-state index in [1.807, 2.05) is 0 Å². The molecule has 0 N–H and O–H groups in total. The van der Waals surface area contributed by atoms with Crippen LogP contribution in [-0.4, -0.2) is 0 Å². The molecule has 0 saturated heterocycles. The van der Waals surface area contributed by atoms with Crippen molar-refractivity contribution in [3.05, 3.63) is 0 Å². The van der Waals surface area contributed by atoms with Crippen LogP contribution >= 0.6 is 0 Å². The number of hydrogen-bond donors (Lipinski definition) is 0. The molecule has 0 bridgehead atoms. The molecule has 0 aromatic carbocycles. The SMILES string of the molecule is CC1C[C@@H]2[C@H](C1)C2(C)C. The van der Waals surface area contributed by atoms with E-state index < -0.39 is 0 Å². The van der Waals surface area contributed by atoms with Gasteiger partial charge >= 0.3 is 0 Å². The first-order valence-corrected chi connectivity index (χ1v) is 4.12. The molecule has 2 saturated carbocycles. The van der Waals surface area contributed by atoms with Crippen LogP contribution in [0, 0.1) is 23.2 Å². The molecule has 2 aliphatic rings. The smallest absolute Gasteiger partial charge is 0.0292 e. The molecule has 0 spiro atoms. The van der Waals surface area contributed by atoms with Crippen molar-refractivity contribution in [1.29, 1.82) is 0 Å². The van der Waals surface area contributed by atoms with Crippen LogP contribution in [0.3, 0.4) is 0 Å². The number of fused-ring (bicyclic) bond motifs is 1. The molecular formula is C9H16. The Kier molecular flexibility index (Phi) is 0.868. The molecule has 0 heterocycles. The Labute approximate surface area is 57.6 Å². The van der Waals surface area contributed by atoms with Crippen molar-refractivity contribution >= 4 is 0 Å². The highest BCUT2D eigenvalue weighted by Gasteiger charge is 2.60. The third-order valence-corrected chi connectivity index (χ3v) is 3.60. The van der Waals surface area contributed by atoms with E-state index in [0.717, 1.165) is 23.2 Å². The standard InChI is InChI=1S/C9H16/c1-6-4-7-8(5-6)9(7,2)3/h6-8H,4-5H2,1-3H3/t6?,7-,8+. The summed E-state index contributed by atoms with van der Waals surface area (Å²) >= 11 is 0. The van der Waals surface area contributed by atoms with E-state index in [1.54, 1.807) is 0 Å². The minimum atomic E-state index is 0.743. The van der Waals surface area contributed by atoms with Crippen molar-refractivity contribution in [2.24, 2.45) is 23.2 Å². The van der Waals surface area contributed by atoms with Gasteiger partial charge in [-0.3, -0.25) is 0 Å². The largest absolute Gasteiger partial charge is 0.0625 e. The van der Waals surface area contributed by atoms with Crippen molar-refractivity contribution in [3.63, 3.8) is 0 Å². The van der Waals surface area contributed by atoms with Gasteiger partial charge in [-0.05, 0) is 36.0 Å². The third kappa shape index (κ3) is 0.595. The molecule has 1 unspecified atom stereocenters. The molecule has 52 valence electrons. The van der Waals surface area contributed by atoms with Crippen LogP contribution in [0.5, 0.6) is 0 Å². The fraction of sp³-hybridized carbons (Fsp3) is 1.00. The molecule has 0 heteroatoms. The second kappa shape index (κ2) is 1.36. The van der Waals surface area contributed by atoms with E-state index in [1.165, 1.54) is 12.8 Å². The zero-order valence-electron chi connectivity index (χ0n) is 6.65. The summed E-state index contributed by atoms with van der Waals surface area (Å²) in [6.45, 7) is 7.24. The summed E-state index contributed by atoms with van der Waals surface area (Å²) < 4.78 is 0. The van der Waals surface area contributed by atoms with Crippen LogP contribution in [0.25, 0.3) is 0 Å². The van der Waals surface area contributed by atoms with E-state index in [2.05, 4.69) is 20.8 Å². The Bertz CT molecular complexity index is 121. The fourth-order valence-corrected chi connectivity index (χ4v) is 2.76. The summed E-state index contributed by atoms with van der Waals surface area (Å²) in [5, 5.41) is 0. The van der Waals surface area contributed by atoms with Gasteiger partial charge in [0.1, 0.15) is 0 Å². The van der Waals surface area contributed by atoms with Crippen molar-refractivity contribution in [2.75, 3.05) is 0 Å². The lowest BCUT2D eigenvalue weighted by Gasteiger charge is -2.11. The van der Waals surface area contributed by atoms with Gasteiger partial charge in [0.25, 0.3) is 0 Å². The Morgan fingerprint density at radius 2 is 1.56 bits per heavy atom. The molecule has 9 heavy (non-hydrogen) atoms. The maximum atomic E-state index is 2.42. The Balaban J connectivity index is 2.06. The molecular weight excluding hydrogens is 108 g/mol. The summed E-state index contributed by atoms with van der Waals surface area (Å²) in [5.41, 5.74) is 0.743. The molecule has 2 fully saturated rings. The molecule has 0 aliphatic heterocycles. The quantitative estimate of drug-likeness (QED) is 0.465. The predicted molar refractivity (Wildman–Crippen MR) is 39.2 cm³/mol. The van der Waals surface area contributed by atoms with Gasteiger partial charge in [-0.1, -0.05) is 20.8 Å². The number of rotatable bonds is 0. The van der Waals surface area contributed by atoms with Gasteiger partial charge < -0.3 is 0 Å². The molecule has 0 aromatic heterocycles. The van der Waals surface area contributed by atoms with Crippen LogP contribution in [0.1, 0.15) is 33.6 Å². The second-order valence-corrected chi connectivity index (χ2v) is 4.61. The van der Waals surface area contributed by atoms with E-state index in [0.29, 0.717) is 0 Å². The van der Waals surface area contributed by atoms with Gasteiger partial charge in [0.2, 0.25) is 0 Å². The van der Waals surface area contributed by atoms with E-state index in [4.69, 9.17) is 0 Å². The molecule has 2 aliphatic carbocycles. The van der Waals surface area contributed by atoms with Crippen molar-refractivity contribution in [1.82, 2.24) is 0 Å². The van der Waals surface area contributed by atoms with Crippen LogP contribution in [-0.2, 0) is 0 Å². The number of hydrogen-bond acceptors (Lipinski definition) is 0. The van der Waals surface area contributed by atoms with Gasteiger partial charge in [0.15, 0.2) is 0 Å². The molecule has 0 nitrogen and oxygen atoms in total. The van der Waals surface area contributed by atoms with Crippen molar-refractivity contribution < 1.29 is 0 Å². The highest BCUT2D eigenvalue weighted by molar-refractivity contribution is 5.09. The maximum Gasteiger partial charge on any atom is -0.0292 e. The van der Waals surface area contributed by atoms with E-state index in [-0.39, 0.29) is 0 Å². The minimum Gasteiger partial charge on any atom is -0.0625 e. The Morgan fingerprint density at radius 1 is 1.11 bits per heavy atom. The molecule has 3 atom stereocenters. The van der Waals surface area contributed by atoms with Gasteiger partial charge in [0.05, 0.1) is 0 Å². The second-order valence-electron chi connectivity index (χ2n) is 4.61. The molecule has 2 rings (SSSR count). The summed E-state index contributed by atoms with van der Waals surface area (Å²) in [7, 11) is 0. The van der Waals surface area contributed by atoms with E-state index >= 15 is 0 Å². The fourth-order valence-electron chi connectivity index (χ4n) is 2.76. The summed E-state index contributed by atoms with van der Waals surface area (Å²) in [4.78, 5) is 0. The summed E-state index contributed by atoms with van der Waals surface area (Å²) in [6.07, 6.45) is 3.02. The zero-order valence-corrected chi connectivity index (χ0v) is 6.65. The summed E-state index contributed by atoms with van der Waals surface area (Å²) in [5.74, 6) is 3.24. The van der Waals surface area contributed by atoms with Crippen LogP contribution in [0.15, 0.2) is 0 Å². The van der Waals surface area contributed by atoms with Crippen molar-refractivity contribution in [3.8, 4) is 0 Å². The van der Waals surface area contributed by atoms with Gasteiger partial charge in [0, 0.05) is 0 Å². The first kappa shape index (κ1) is 5.76. The average Bonchev–Trinajstić information content (AvgIpc) is 2.27. The lowest BCUT2D eigenvalue weighted by Crippen LogP contribution is -2.01. The molecule has 0 radical (unpaired) electrons. The zero-order chi connectivity index (χ0) is 6.65. The van der Waals surface area contributed by atoms with Crippen LogP contribution < -0.4 is 0 Å². The lowest BCUT2D eigenvalue weighted by molar-refractivity contribution is 0.395. The van der Waals surface area contributed by atoms with Crippen LogP contribution in [0.4, 0.5) is 0 Å². The normalized spacial score (nSPS) is 53.0. The Hall–Kier alpha value is 0. The Morgan fingerprint density at radius 3 is 1.89 bits per heavy atom. The first-order valence-electron chi connectivity index (χ1n) is 4.12. The maximum absolute atomic E-state index is 2.42. The van der Waals surface area contributed by atoms with Gasteiger partial charge in [-0.15, -0.1) is 0 Å². The highest BCUT2D eigenvalue weighted by Crippen LogP contribution is 2.67. The highest BCUT2D eigenvalue weighted by atomic mass is 14.7. The van der Waals surface area contributed by atoms with Crippen LogP contribution in [0.2, 0.25) is 0 Å². The van der Waals surface area contributed by atoms with Crippen molar-refractivity contribution in [2.45, 2.75) is 33.6 Å². The predicted octanol–water partition coefficient (Wildman–Crippen LogP) is 2.69.